The number of rotatable bonds is 7. The van der Waals surface area contributed by atoms with Crippen LogP contribution in [0.25, 0.3) is 0 Å². The van der Waals surface area contributed by atoms with Gasteiger partial charge in [-0.15, -0.1) is 6.42 Å². The molecule has 0 heterocycles. The van der Waals surface area contributed by atoms with Crippen molar-refractivity contribution >= 4 is 5.97 Å². The van der Waals surface area contributed by atoms with Crippen LogP contribution in [0.1, 0.15) is 18.5 Å². The Labute approximate surface area is 116 Å². The highest BCUT2D eigenvalue weighted by Gasteiger charge is 2.21. The van der Waals surface area contributed by atoms with Crippen molar-refractivity contribution in [2.24, 2.45) is 0 Å². The highest BCUT2D eigenvalue weighted by Crippen LogP contribution is 2.29. The van der Waals surface area contributed by atoms with Crippen molar-refractivity contribution in [1.82, 2.24) is 4.90 Å². The molecule has 0 fully saturated rings. The summed E-state index contributed by atoms with van der Waals surface area (Å²) in [4.78, 5) is 12.3. The molecule has 1 unspecified atom stereocenters. The molecule has 0 aliphatic carbocycles. The van der Waals surface area contributed by atoms with Gasteiger partial charge in [0.15, 0.2) is 0 Å². The number of hydrogen-bond donors (Lipinski definition) is 1. The van der Waals surface area contributed by atoms with E-state index in [2.05, 4.69) is 10.7 Å². The van der Waals surface area contributed by atoms with E-state index in [1.54, 1.807) is 25.1 Å². The van der Waals surface area contributed by atoms with Gasteiger partial charge in [-0.2, -0.15) is 8.78 Å². The van der Waals surface area contributed by atoms with Crippen molar-refractivity contribution in [2.75, 3.05) is 13.1 Å². The first-order valence-corrected chi connectivity index (χ1v) is 5.88. The van der Waals surface area contributed by atoms with Crippen molar-refractivity contribution in [1.29, 1.82) is 0 Å². The number of carboxylic acids is 1. The van der Waals surface area contributed by atoms with Gasteiger partial charge in [0.2, 0.25) is 0 Å². The molecule has 0 spiro atoms. The Hall–Kier alpha value is -2.13. The predicted octanol–water partition coefficient (Wildman–Crippen LogP) is 2.37. The second-order valence-corrected chi connectivity index (χ2v) is 4.10. The third kappa shape index (κ3) is 4.52. The topological polar surface area (TPSA) is 49.8 Å². The van der Waals surface area contributed by atoms with E-state index in [0.717, 1.165) is 0 Å². The van der Waals surface area contributed by atoms with E-state index in [4.69, 9.17) is 11.5 Å². The molecule has 20 heavy (non-hydrogen) atoms. The largest absolute Gasteiger partial charge is 0.480 e. The first-order valence-electron chi connectivity index (χ1n) is 5.88. The monoisotopic (exact) mass is 283 g/mol. The quantitative estimate of drug-likeness (QED) is 0.780. The van der Waals surface area contributed by atoms with Crippen LogP contribution in [0, 0.1) is 12.3 Å². The van der Waals surface area contributed by atoms with Gasteiger partial charge in [-0.3, -0.25) is 9.69 Å². The molecule has 1 rings (SSSR count). The van der Waals surface area contributed by atoms with Crippen LogP contribution in [0.15, 0.2) is 24.3 Å². The maximum atomic E-state index is 12.4. The van der Waals surface area contributed by atoms with Crippen molar-refractivity contribution in [2.45, 2.75) is 19.6 Å². The van der Waals surface area contributed by atoms with Gasteiger partial charge in [0.05, 0.1) is 13.1 Å². The van der Waals surface area contributed by atoms with E-state index in [0.29, 0.717) is 5.56 Å². The summed E-state index contributed by atoms with van der Waals surface area (Å²) in [6.07, 6.45) is 5.20. The van der Waals surface area contributed by atoms with Crippen molar-refractivity contribution in [3.05, 3.63) is 29.8 Å². The summed E-state index contributed by atoms with van der Waals surface area (Å²) in [6.45, 7) is -1.44. The molecule has 0 aliphatic heterocycles. The SMILES string of the molecule is C#CCN(CC(=O)O)C(C)c1ccccc1OC(F)F. The fourth-order valence-electron chi connectivity index (χ4n) is 1.85. The lowest BCUT2D eigenvalue weighted by molar-refractivity contribution is -0.138. The summed E-state index contributed by atoms with van der Waals surface area (Å²) in [5.41, 5.74) is 0.462. The maximum absolute atomic E-state index is 12.4. The molecule has 0 saturated carbocycles. The molecule has 108 valence electrons. The summed E-state index contributed by atoms with van der Waals surface area (Å²) in [5.74, 6) is 1.33. The molecule has 0 aliphatic rings. The highest BCUT2D eigenvalue weighted by atomic mass is 19.3. The number of carboxylic acid groups (broad SMARTS) is 1. The second-order valence-electron chi connectivity index (χ2n) is 4.10. The van der Waals surface area contributed by atoms with E-state index in [-0.39, 0.29) is 18.8 Å². The minimum Gasteiger partial charge on any atom is -0.480 e. The molecule has 0 radical (unpaired) electrons. The number of benzene rings is 1. The minimum absolute atomic E-state index is 0.0161. The summed E-state index contributed by atoms with van der Waals surface area (Å²) in [6, 6.07) is 5.79. The second kappa shape index (κ2) is 7.46. The van der Waals surface area contributed by atoms with E-state index < -0.39 is 18.6 Å². The highest BCUT2D eigenvalue weighted by molar-refractivity contribution is 5.69. The van der Waals surface area contributed by atoms with E-state index in [1.165, 1.54) is 11.0 Å². The summed E-state index contributed by atoms with van der Waals surface area (Å²) in [5, 5.41) is 8.86. The van der Waals surface area contributed by atoms with Crippen molar-refractivity contribution < 1.29 is 23.4 Å². The molecule has 1 aromatic rings. The molecular weight excluding hydrogens is 268 g/mol. The van der Waals surface area contributed by atoms with E-state index >= 15 is 0 Å². The number of halogens is 2. The number of alkyl halides is 2. The van der Waals surface area contributed by atoms with Crippen LogP contribution < -0.4 is 4.74 Å². The number of para-hydroxylation sites is 1. The van der Waals surface area contributed by atoms with Crippen molar-refractivity contribution in [3.8, 4) is 18.1 Å². The number of aliphatic carboxylic acids is 1. The Morgan fingerprint density at radius 2 is 2.15 bits per heavy atom. The van der Waals surface area contributed by atoms with Crippen LogP contribution in [0.3, 0.4) is 0 Å². The summed E-state index contributed by atoms with van der Waals surface area (Å²) in [7, 11) is 0. The fourth-order valence-corrected chi connectivity index (χ4v) is 1.85. The van der Waals surface area contributed by atoms with Crippen LogP contribution >= 0.6 is 0 Å². The average Bonchev–Trinajstić information content (AvgIpc) is 2.37. The molecule has 4 nitrogen and oxygen atoms in total. The number of terminal acetylenes is 1. The molecule has 0 amide bonds. The Morgan fingerprint density at radius 1 is 1.50 bits per heavy atom. The molecule has 6 heteroatoms. The molecule has 1 atom stereocenters. The van der Waals surface area contributed by atoms with Crippen LogP contribution in [0.5, 0.6) is 5.75 Å². The van der Waals surface area contributed by atoms with E-state index in [1.807, 2.05) is 0 Å². The minimum atomic E-state index is -2.94. The van der Waals surface area contributed by atoms with Gasteiger partial charge in [-0.1, -0.05) is 24.1 Å². The van der Waals surface area contributed by atoms with Gasteiger partial charge < -0.3 is 9.84 Å². The molecule has 0 saturated heterocycles. The third-order valence-corrected chi connectivity index (χ3v) is 2.77. The lowest BCUT2D eigenvalue weighted by Gasteiger charge is -2.27. The maximum Gasteiger partial charge on any atom is 0.387 e. The zero-order chi connectivity index (χ0) is 15.1. The molecular formula is C14H15F2NO3. The number of carbonyl (C=O) groups is 1. The number of hydrogen-bond acceptors (Lipinski definition) is 3. The molecule has 1 aromatic carbocycles. The average molecular weight is 283 g/mol. The van der Waals surface area contributed by atoms with Gasteiger partial charge >= 0.3 is 12.6 Å². The Morgan fingerprint density at radius 3 is 2.70 bits per heavy atom. The predicted molar refractivity (Wildman–Crippen MR) is 69.5 cm³/mol. The van der Waals surface area contributed by atoms with Gasteiger partial charge in [-0.25, -0.2) is 0 Å². The lowest BCUT2D eigenvalue weighted by atomic mass is 10.1. The summed E-state index contributed by atoms with van der Waals surface area (Å²) < 4.78 is 29.2. The van der Waals surface area contributed by atoms with Crippen molar-refractivity contribution in [3.63, 3.8) is 0 Å². The Bertz CT molecular complexity index is 499. The number of nitrogens with zero attached hydrogens (tertiary/aromatic N) is 1. The van der Waals surface area contributed by atoms with Crippen LogP contribution in [-0.2, 0) is 4.79 Å². The number of ether oxygens (including phenoxy) is 1. The standard InChI is InChI=1S/C14H15F2NO3/c1-3-8-17(9-13(18)19)10(2)11-6-4-5-7-12(11)20-14(15)16/h1,4-7,10,14H,8-9H2,2H3,(H,18,19). The van der Waals surface area contributed by atoms with Crippen LogP contribution in [0.4, 0.5) is 8.78 Å². The summed E-state index contributed by atoms with van der Waals surface area (Å²) >= 11 is 0. The van der Waals surface area contributed by atoms with Crippen LogP contribution in [-0.4, -0.2) is 35.7 Å². The first kappa shape index (κ1) is 15.9. The first-order chi connectivity index (χ1) is 9.45. The van der Waals surface area contributed by atoms with Gasteiger partial charge in [-0.05, 0) is 13.0 Å². The molecule has 0 bridgehead atoms. The van der Waals surface area contributed by atoms with Gasteiger partial charge in [0.1, 0.15) is 5.75 Å². The fraction of sp³-hybridized carbons (Fsp3) is 0.357. The molecule has 0 aromatic heterocycles. The third-order valence-electron chi connectivity index (χ3n) is 2.77. The Kier molecular flexibility index (Phi) is 5.94. The van der Waals surface area contributed by atoms with Crippen LogP contribution in [0.2, 0.25) is 0 Å². The normalized spacial score (nSPS) is 12.2. The smallest absolute Gasteiger partial charge is 0.387 e. The Balaban J connectivity index is 3.01. The zero-order valence-electron chi connectivity index (χ0n) is 10.9. The molecule has 1 N–H and O–H groups in total. The van der Waals surface area contributed by atoms with E-state index in [9.17, 15) is 13.6 Å². The lowest BCUT2D eigenvalue weighted by Crippen LogP contribution is -2.33. The van der Waals surface area contributed by atoms with Gasteiger partial charge in [0, 0.05) is 11.6 Å². The zero-order valence-corrected chi connectivity index (χ0v) is 10.9. The van der Waals surface area contributed by atoms with Gasteiger partial charge in [0.25, 0.3) is 0 Å².